The van der Waals surface area contributed by atoms with Gasteiger partial charge < -0.3 is 41.3 Å². The summed E-state index contributed by atoms with van der Waals surface area (Å²) >= 11 is 0. The monoisotopic (exact) mass is 435 g/mol. The maximum atomic E-state index is 12.1. The minimum absolute atomic E-state index is 0.0314. The highest BCUT2D eigenvalue weighted by atomic mass is 16.6. The summed E-state index contributed by atoms with van der Waals surface area (Å²) in [5.74, 6) is -1.99. The first-order valence-corrected chi connectivity index (χ1v) is 10.4. The minimum Gasteiger partial charge on any atom is -0.669 e. The Kier molecular flexibility index (Phi) is 5.38. The molecule has 1 aromatic rings. The Morgan fingerprint density at radius 1 is 1.39 bits per heavy atom. The second-order valence-corrected chi connectivity index (χ2v) is 8.94. The molecule has 2 heterocycles. The van der Waals surface area contributed by atoms with Gasteiger partial charge in [-0.3, -0.25) is 9.69 Å². The third-order valence-electron chi connectivity index (χ3n) is 6.17. The molecule has 1 amide bonds. The number of carboxylic acid groups (broad SMARTS) is 1. The number of benzene rings is 1. The zero-order valence-corrected chi connectivity index (χ0v) is 17.3. The fourth-order valence-corrected chi connectivity index (χ4v) is 4.44. The van der Waals surface area contributed by atoms with Crippen LogP contribution in [0.3, 0.4) is 0 Å². The summed E-state index contributed by atoms with van der Waals surface area (Å²) < 4.78 is 11.2. The SMILES string of the molecule is C[C@@](N)(CN1CC(Oc2ccc3c(c2C(=O)O)O[B-](O)(O)[C@@H]2C[C@H]32)C1)C(=O)NCCN. The average molecular weight is 435 g/mol. The maximum absolute atomic E-state index is 12.1. The number of carbonyl (C=O) groups is 2. The van der Waals surface area contributed by atoms with E-state index in [1.54, 1.807) is 19.1 Å². The van der Waals surface area contributed by atoms with Crippen molar-refractivity contribution in [3.63, 3.8) is 0 Å². The van der Waals surface area contributed by atoms with E-state index in [4.69, 9.17) is 20.9 Å². The van der Waals surface area contributed by atoms with Crippen LogP contribution in [0.15, 0.2) is 12.1 Å². The van der Waals surface area contributed by atoms with Crippen molar-refractivity contribution in [2.24, 2.45) is 11.5 Å². The van der Waals surface area contributed by atoms with Crippen LogP contribution < -0.4 is 26.2 Å². The van der Waals surface area contributed by atoms with E-state index in [1.807, 2.05) is 4.90 Å². The molecule has 1 aliphatic carbocycles. The lowest BCUT2D eigenvalue weighted by molar-refractivity contribution is -0.127. The second kappa shape index (κ2) is 7.64. The summed E-state index contributed by atoms with van der Waals surface area (Å²) in [6.07, 6.45) is 0.253. The number of amides is 1. The van der Waals surface area contributed by atoms with Gasteiger partial charge >= 0.3 is 12.7 Å². The Bertz CT molecular complexity index is 903. The Morgan fingerprint density at radius 3 is 2.74 bits per heavy atom. The molecular formula is C19H28BN4O7-. The molecule has 0 radical (unpaired) electrons. The standard InChI is InChI=1S/C19H28BN4O7/c1-19(22,18(27)23-5-4-21)9-24-7-10(8-24)30-14-3-2-11-12-6-13(12)20(28,29)31-16(11)15(14)17(25)26/h2-3,10,12-13,28-29H,4-9,21-22H2,1H3,(H,23,27)(H,25,26)/q-1/t12-,13-,19-/m1/s1. The number of ether oxygens (including phenoxy) is 1. The first-order valence-electron chi connectivity index (χ1n) is 10.4. The van der Waals surface area contributed by atoms with Crippen LogP contribution in [-0.4, -0.2) is 83.1 Å². The Morgan fingerprint density at radius 2 is 2.10 bits per heavy atom. The highest BCUT2D eigenvalue weighted by Gasteiger charge is 2.55. The van der Waals surface area contributed by atoms with Gasteiger partial charge in [-0.15, -0.1) is 0 Å². The number of carboxylic acids is 1. The summed E-state index contributed by atoms with van der Waals surface area (Å²) in [6.45, 7) is 0.465. The molecule has 3 atom stereocenters. The van der Waals surface area contributed by atoms with Gasteiger partial charge in [-0.05, 0) is 24.5 Å². The van der Waals surface area contributed by atoms with E-state index >= 15 is 0 Å². The Balaban J connectivity index is 1.41. The normalized spacial score (nSPS) is 25.8. The van der Waals surface area contributed by atoms with Crippen LogP contribution in [0.4, 0.5) is 0 Å². The van der Waals surface area contributed by atoms with Gasteiger partial charge in [0.15, 0.2) is 0 Å². The largest absolute Gasteiger partial charge is 0.669 e. The van der Waals surface area contributed by atoms with Gasteiger partial charge in [0, 0.05) is 32.7 Å². The summed E-state index contributed by atoms with van der Waals surface area (Å²) in [7, 11) is 0. The van der Waals surface area contributed by atoms with E-state index in [0.29, 0.717) is 44.7 Å². The minimum atomic E-state index is -3.09. The van der Waals surface area contributed by atoms with Gasteiger partial charge in [0.1, 0.15) is 23.0 Å². The molecule has 0 spiro atoms. The van der Waals surface area contributed by atoms with Crippen LogP contribution in [0, 0.1) is 0 Å². The van der Waals surface area contributed by atoms with Gasteiger partial charge in [-0.2, -0.15) is 0 Å². The number of carbonyl (C=O) groups excluding carboxylic acids is 1. The van der Waals surface area contributed by atoms with Crippen molar-refractivity contribution in [1.29, 1.82) is 0 Å². The van der Waals surface area contributed by atoms with Crippen LogP contribution in [0.1, 0.15) is 35.2 Å². The number of nitrogens with zero attached hydrogens (tertiary/aromatic N) is 1. The highest BCUT2D eigenvalue weighted by molar-refractivity contribution is 6.62. The number of nitrogens with two attached hydrogens (primary N) is 2. The van der Waals surface area contributed by atoms with Crippen LogP contribution >= 0.6 is 0 Å². The van der Waals surface area contributed by atoms with E-state index in [0.717, 1.165) is 0 Å². The number of nitrogens with one attached hydrogen (secondary N) is 1. The lowest BCUT2D eigenvalue weighted by atomic mass is 9.68. The van der Waals surface area contributed by atoms with E-state index in [2.05, 4.69) is 5.32 Å². The Hall–Kier alpha value is -2.38. The number of fused-ring (bicyclic) bond motifs is 3. The van der Waals surface area contributed by atoms with Crippen molar-refractivity contribution >= 4 is 18.6 Å². The van der Waals surface area contributed by atoms with Crippen molar-refractivity contribution < 1.29 is 34.1 Å². The van der Waals surface area contributed by atoms with Crippen molar-refractivity contribution in [2.45, 2.75) is 36.7 Å². The molecule has 8 N–H and O–H groups in total. The molecule has 0 aromatic heterocycles. The van der Waals surface area contributed by atoms with Crippen molar-refractivity contribution in [3.05, 3.63) is 23.3 Å². The molecule has 3 aliphatic rings. The van der Waals surface area contributed by atoms with E-state index in [-0.39, 0.29) is 35.0 Å². The molecule has 2 aliphatic heterocycles. The fraction of sp³-hybridized carbons (Fsp3) is 0.579. The zero-order valence-electron chi connectivity index (χ0n) is 17.3. The summed E-state index contributed by atoms with van der Waals surface area (Å²) in [4.78, 5) is 26.0. The molecular weight excluding hydrogens is 407 g/mol. The molecule has 170 valence electrons. The lowest BCUT2D eigenvalue weighted by Crippen LogP contribution is -2.64. The smallest absolute Gasteiger partial charge is 0.434 e. The summed E-state index contributed by atoms with van der Waals surface area (Å²) in [5, 5.41) is 32.6. The number of aromatic carboxylic acids is 1. The highest BCUT2D eigenvalue weighted by Crippen LogP contribution is 2.63. The molecule has 1 saturated carbocycles. The first kappa shape index (κ1) is 21.8. The lowest BCUT2D eigenvalue weighted by Gasteiger charge is -2.43. The van der Waals surface area contributed by atoms with Crippen molar-refractivity contribution in [1.82, 2.24) is 10.2 Å². The zero-order chi connectivity index (χ0) is 22.6. The van der Waals surface area contributed by atoms with Gasteiger partial charge in [0.25, 0.3) is 0 Å². The van der Waals surface area contributed by atoms with Gasteiger partial charge in [0.05, 0.1) is 5.75 Å². The van der Waals surface area contributed by atoms with Gasteiger partial charge in [-0.25, -0.2) is 4.79 Å². The molecule has 2 fully saturated rings. The van der Waals surface area contributed by atoms with E-state index in [1.165, 1.54) is 0 Å². The quantitative estimate of drug-likeness (QED) is 0.261. The predicted octanol–water partition coefficient (Wildman–Crippen LogP) is -1.59. The van der Waals surface area contributed by atoms with E-state index in [9.17, 15) is 24.7 Å². The van der Waals surface area contributed by atoms with Crippen LogP contribution in [0.25, 0.3) is 0 Å². The summed E-state index contributed by atoms with van der Waals surface area (Å²) in [6, 6.07) is 3.31. The number of likely N-dealkylation sites (tertiary alicyclic amines) is 1. The Labute approximate surface area is 179 Å². The second-order valence-electron chi connectivity index (χ2n) is 8.94. The number of hydrogen-bond donors (Lipinski definition) is 6. The van der Waals surface area contributed by atoms with Crippen LogP contribution in [-0.2, 0) is 4.79 Å². The average Bonchev–Trinajstić information content (AvgIpc) is 3.45. The van der Waals surface area contributed by atoms with Crippen LogP contribution in [0.2, 0.25) is 5.82 Å². The molecule has 1 aromatic carbocycles. The molecule has 12 heteroatoms. The van der Waals surface area contributed by atoms with E-state index < -0.39 is 24.1 Å². The van der Waals surface area contributed by atoms with Crippen LogP contribution in [0.5, 0.6) is 11.5 Å². The predicted molar refractivity (Wildman–Crippen MR) is 111 cm³/mol. The maximum Gasteiger partial charge on any atom is 0.434 e. The van der Waals surface area contributed by atoms with Gasteiger partial charge in [0.2, 0.25) is 5.91 Å². The first-order chi connectivity index (χ1) is 14.5. The third kappa shape index (κ3) is 4.09. The fourth-order valence-electron chi connectivity index (χ4n) is 4.44. The molecule has 4 rings (SSSR count). The van der Waals surface area contributed by atoms with Gasteiger partial charge in [-0.1, -0.05) is 18.3 Å². The number of hydrogen-bond acceptors (Lipinski definition) is 9. The number of rotatable bonds is 8. The third-order valence-corrected chi connectivity index (χ3v) is 6.17. The van der Waals surface area contributed by atoms with Crippen molar-refractivity contribution in [3.8, 4) is 11.5 Å². The van der Waals surface area contributed by atoms with Crippen molar-refractivity contribution in [2.75, 3.05) is 32.7 Å². The summed E-state index contributed by atoms with van der Waals surface area (Å²) in [5.41, 5.74) is 10.9. The molecule has 11 nitrogen and oxygen atoms in total. The topological polar surface area (TPSA) is 181 Å². The molecule has 0 bridgehead atoms. The molecule has 31 heavy (non-hydrogen) atoms. The molecule has 0 unspecified atom stereocenters. The molecule has 1 saturated heterocycles.